The average Bonchev–Trinajstić information content (AvgIpc) is 2.64. The Morgan fingerprint density at radius 1 is 1.38 bits per heavy atom. The van der Waals surface area contributed by atoms with Gasteiger partial charge in [0.1, 0.15) is 5.75 Å². The first kappa shape index (κ1) is 11.9. The molecule has 3 heteroatoms. The van der Waals surface area contributed by atoms with Gasteiger partial charge in [-0.25, -0.2) is 0 Å². The fourth-order valence-corrected chi connectivity index (χ4v) is 3.16. The van der Waals surface area contributed by atoms with Crippen molar-refractivity contribution in [2.45, 2.75) is 50.0 Å². The molecule has 2 unspecified atom stereocenters. The smallest absolute Gasteiger partial charge is 0.138 e. The molecule has 88 valence electrons. The lowest BCUT2D eigenvalue weighted by Gasteiger charge is -2.16. The fraction of sp³-hybridized carbons (Fsp3) is 0.615. The lowest BCUT2D eigenvalue weighted by molar-refractivity contribution is 0.241. The molecule has 0 N–H and O–H groups in total. The summed E-state index contributed by atoms with van der Waals surface area (Å²) in [5.74, 6) is 1.49. The number of pyridine rings is 1. The molecular formula is C13H18BrNO. The molecule has 0 saturated heterocycles. The van der Waals surface area contributed by atoms with Crippen molar-refractivity contribution in [2.75, 3.05) is 0 Å². The fourth-order valence-electron chi connectivity index (χ4n) is 2.27. The van der Waals surface area contributed by atoms with Crippen LogP contribution in [0.5, 0.6) is 5.75 Å². The SMILES string of the molecule is CC(C)Oc1cncc(C2CCCC2Br)c1. The predicted octanol–water partition coefficient (Wildman–Crippen LogP) is 3.90. The predicted molar refractivity (Wildman–Crippen MR) is 69.3 cm³/mol. The molecule has 1 fully saturated rings. The molecule has 0 radical (unpaired) electrons. The normalized spacial score (nSPS) is 25.0. The van der Waals surface area contributed by atoms with Crippen LogP contribution in [0.3, 0.4) is 0 Å². The lowest BCUT2D eigenvalue weighted by Crippen LogP contribution is -2.08. The summed E-state index contributed by atoms with van der Waals surface area (Å²) < 4.78 is 5.67. The van der Waals surface area contributed by atoms with Crippen LogP contribution in [0.1, 0.15) is 44.6 Å². The van der Waals surface area contributed by atoms with Gasteiger partial charge in [0.15, 0.2) is 0 Å². The van der Waals surface area contributed by atoms with Crippen molar-refractivity contribution >= 4 is 15.9 Å². The average molecular weight is 284 g/mol. The molecule has 1 aromatic heterocycles. The van der Waals surface area contributed by atoms with Gasteiger partial charge in [-0.1, -0.05) is 22.4 Å². The molecule has 0 aliphatic heterocycles. The summed E-state index contributed by atoms with van der Waals surface area (Å²) in [5, 5.41) is 0. The van der Waals surface area contributed by atoms with Crippen molar-refractivity contribution in [2.24, 2.45) is 0 Å². The van der Waals surface area contributed by atoms with Crippen molar-refractivity contribution in [1.29, 1.82) is 0 Å². The Kier molecular flexibility index (Phi) is 3.85. The van der Waals surface area contributed by atoms with Gasteiger partial charge >= 0.3 is 0 Å². The third kappa shape index (κ3) is 2.76. The number of alkyl halides is 1. The maximum atomic E-state index is 5.67. The van der Waals surface area contributed by atoms with E-state index in [1.54, 1.807) is 6.20 Å². The summed E-state index contributed by atoms with van der Waals surface area (Å²) in [6.45, 7) is 4.07. The highest BCUT2D eigenvalue weighted by molar-refractivity contribution is 9.09. The van der Waals surface area contributed by atoms with E-state index in [4.69, 9.17) is 4.74 Å². The zero-order valence-corrected chi connectivity index (χ0v) is 11.4. The van der Waals surface area contributed by atoms with Crippen molar-refractivity contribution < 1.29 is 4.74 Å². The summed E-state index contributed by atoms with van der Waals surface area (Å²) in [5.41, 5.74) is 1.30. The van der Waals surface area contributed by atoms with Gasteiger partial charge in [0.05, 0.1) is 12.3 Å². The van der Waals surface area contributed by atoms with Crippen LogP contribution in [0.4, 0.5) is 0 Å². The Morgan fingerprint density at radius 3 is 2.81 bits per heavy atom. The summed E-state index contributed by atoms with van der Waals surface area (Å²) in [4.78, 5) is 4.87. The first-order valence-corrected chi connectivity index (χ1v) is 6.84. The van der Waals surface area contributed by atoms with Crippen LogP contribution in [0.25, 0.3) is 0 Å². The van der Waals surface area contributed by atoms with E-state index in [2.05, 4.69) is 27.0 Å². The number of aromatic nitrogens is 1. The summed E-state index contributed by atoms with van der Waals surface area (Å²) in [7, 11) is 0. The molecule has 2 rings (SSSR count). The molecule has 2 atom stereocenters. The van der Waals surface area contributed by atoms with Gasteiger partial charge in [0, 0.05) is 11.0 Å². The summed E-state index contributed by atoms with van der Waals surface area (Å²) >= 11 is 3.75. The molecule has 16 heavy (non-hydrogen) atoms. The number of hydrogen-bond donors (Lipinski definition) is 0. The molecule has 1 aliphatic carbocycles. The van der Waals surface area contributed by atoms with Gasteiger partial charge in [-0.05, 0) is 44.2 Å². The quantitative estimate of drug-likeness (QED) is 0.785. The molecule has 1 heterocycles. The van der Waals surface area contributed by atoms with Crippen LogP contribution in [0.15, 0.2) is 18.5 Å². The first-order chi connectivity index (χ1) is 7.66. The Balaban J connectivity index is 2.15. The number of rotatable bonds is 3. The van der Waals surface area contributed by atoms with Gasteiger partial charge in [-0.3, -0.25) is 4.98 Å². The Labute approximate surface area is 106 Å². The van der Waals surface area contributed by atoms with Crippen molar-refractivity contribution in [3.05, 3.63) is 24.0 Å². The van der Waals surface area contributed by atoms with E-state index in [0.717, 1.165) is 5.75 Å². The van der Waals surface area contributed by atoms with Crippen LogP contribution >= 0.6 is 15.9 Å². The van der Waals surface area contributed by atoms with Crippen LogP contribution in [-0.4, -0.2) is 15.9 Å². The highest BCUT2D eigenvalue weighted by atomic mass is 79.9. The van der Waals surface area contributed by atoms with Crippen molar-refractivity contribution in [1.82, 2.24) is 4.98 Å². The minimum absolute atomic E-state index is 0.209. The molecule has 0 amide bonds. The van der Waals surface area contributed by atoms with Gasteiger partial charge in [0.2, 0.25) is 0 Å². The van der Waals surface area contributed by atoms with Crippen molar-refractivity contribution in [3.63, 3.8) is 0 Å². The number of nitrogens with zero attached hydrogens (tertiary/aromatic N) is 1. The van der Waals surface area contributed by atoms with Gasteiger partial charge < -0.3 is 4.74 Å². The first-order valence-electron chi connectivity index (χ1n) is 5.92. The highest BCUT2D eigenvalue weighted by Gasteiger charge is 2.26. The second kappa shape index (κ2) is 5.17. The second-order valence-electron chi connectivity index (χ2n) is 4.67. The summed E-state index contributed by atoms with van der Waals surface area (Å²) in [6.07, 6.45) is 7.79. The number of hydrogen-bond acceptors (Lipinski definition) is 2. The number of ether oxygens (including phenoxy) is 1. The molecular weight excluding hydrogens is 266 g/mol. The minimum Gasteiger partial charge on any atom is -0.489 e. The Bertz CT molecular complexity index is 354. The van der Waals surface area contributed by atoms with E-state index >= 15 is 0 Å². The molecule has 2 nitrogen and oxygen atoms in total. The van der Waals surface area contributed by atoms with E-state index < -0.39 is 0 Å². The van der Waals surface area contributed by atoms with Crippen LogP contribution < -0.4 is 4.74 Å². The molecule has 1 aliphatic rings. The van der Waals surface area contributed by atoms with E-state index in [9.17, 15) is 0 Å². The highest BCUT2D eigenvalue weighted by Crippen LogP contribution is 2.39. The van der Waals surface area contributed by atoms with Crippen LogP contribution in [0.2, 0.25) is 0 Å². The topological polar surface area (TPSA) is 22.1 Å². The molecule has 0 aromatic carbocycles. The summed E-state index contributed by atoms with van der Waals surface area (Å²) in [6, 6.07) is 2.14. The molecule has 0 bridgehead atoms. The lowest BCUT2D eigenvalue weighted by atomic mass is 9.99. The Hall–Kier alpha value is -0.570. The van der Waals surface area contributed by atoms with E-state index in [0.29, 0.717) is 10.7 Å². The van der Waals surface area contributed by atoms with Gasteiger partial charge in [-0.15, -0.1) is 0 Å². The largest absolute Gasteiger partial charge is 0.489 e. The number of halogens is 1. The second-order valence-corrected chi connectivity index (χ2v) is 5.85. The van der Waals surface area contributed by atoms with Crippen LogP contribution in [-0.2, 0) is 0 Å². The third-order valence-electron chi connectivity index (χ3n) is 2.97. The molecule has 1 aromatic rings. The van der Waals surface area contributed by atoms with Gasteiger partial charge in [-0.2, -0.15) is 0 Å². The monoisotopic (exact) mass is 283 g/mol. The maximum Gasteiger partial charge on any atom is 0.138 e. The van der Waals surface area contributed by atoms with E-state index in [1.165, 1.54) is 24.8 Å². The zero-order chi connectivity index (χ0) is 11.5. The van der Waals surface area contributed by atoms with Crippen LogP contribution in [0, 0.1) is 0 Å². The van der Waals surface area contributed by atoms with Gasteiger partial charge in [0.25, 0.3) is 0 Å². The molecule has 0 spiro atoms. The zero-order valence-electron chi connectivity index (χ0n) is 9.82. The minimum atomic E-state index is 0.209. The Morgan fingerprint density at radius 2 is 2.19 bits per heavy atom. The van der Waals surface area contributed by atoms with E-state index in [1.807, 2.05) is 20.0 Å². The molecule has 1 saturated carbocycles. The van der Waals surface area contributed by atoms with E-state index in [-0.39, 0.29) is 6.10 Å². The van der Waals surface area contributed by atoms with Crippen molar-refractivity contribution in [3.8, 4) is 5.75 Å². The third-order valence-corrected chi connectivity index (χ3v) is 4.06. The maximum absolute atomic E-state index is 5.67. The standard InChI is InChI=1S/C13H18BrNO/c1-9(2)16-11-6-10(7-15-8-11)12-4-3-5-13(12)14/h6-9,12-13H,3-5H2,1-2H3.